The number of carbonyl (C=O) groups excluding carboxylic acids is 5. The maximum Gasteiger partial charge on any atom is 0.307 e. The largest absolute Gasteiger partial charge is 0.469 e. The average molecular weight is 470 g/mol. The highest BCUT2D eigenvalue weighted by atomic mass is 16.5. The zero-order valence-electron chi connectivity index (χ0n) is 19.4. The first kappa shape index (κ1) is 28.2. The van der Waals surface area contributed by atoms with E-state index in [9.17, 15) is 24.0 Å². The van der Waals surface area contributed by atoms with Crippen LogP contribution in [-0.2, 0) is 38.2 Å². The SMILES string of the molecule is CCC(NC(=O)CCCCCN1C(=O)C=CC1=O)C(=O)NCCOCCOCCC(=O)OC. The molecule has 1 rings (SSSR count). The lowest BCUT2D eigenvalue weighted by atomic mass is 10.1. The summed E-state index contributed by atoms with van der Waals surface area (Å²) in [4.78, 5) is 59.4. The average Bonchev–Trinajstić information content (AvgIpc) is 3.12. The summed E-state index contributed by atoms with van der Waals surface area (Å²) < 4.78 is 15.1. The molecule has 0 saturated carbocycles. The number of hydrogen-bond donors (Lipinski definition) is 2. The summed E-state index contributed by atoms with van der Waals surface area (Å²) in [6.07, 6.45) is 5.34. The lowest BCUT2D eigenvalue weighted by Gasteiger charge is -2.17. The van der Waals surface area contributed by atoms with Gasteiger partial charge in [0.25, 0.3) is 11.8 Å². The maximum atomic E-state index is 12.2. The Hall–Kier alpha value is -2.79. The Morgan fingerprint density at radius 2 is 1.61 bits per heavy atom. The highest BCUT2D eigenvalue weighted by molar-refractivity contribution is 6.12. The van der Waals surface area contributed by atoms with Gasteiger partial charge in [0.1, 0.15) is 6.04 Å². The van der Waals surface area contributed by atoms with E-state index >= 15 is 0 Å². The Balaban J connectivity index is 2.06. The summed E-state index contributed by atoms with van der Waals surface area (Å²) in [5, 5.41) is 5.45. The van der Waals surface area contributed by atoms with E-state index in [1.165, 1.54) is 24.2 Å². The number of ether oxygens (including phenoxy) is 3. The summed E-state index contributed by atoms with van der Waals surface area (Å²) in [7, 11) is 1.32. The molecule has 0 aromatic rings. The maximum absolute atomic E-state index is 12.2. The fraction of sp³-hybridized carbons (Fsp3) is 0.682. The van der Waals surface area contributed by atoms with Crippen molar-refractivity contribution in [2.45, 2.75) is 51.5 Å². The zero-order chi connectivity index (χ0) is 24.5. The standard InChI is InChI=1S/C22H35N3O8/c1-3-17(22(30)23-11-14-33-16-15-32-13-10-21(29)31-2)24-18(26)7-5-4-6-12-25-19(27)8-9-20(25)28/h8-9,17H,3-7,10-16H2,1-2H3,(H,23,30)(H,24,26). The van der Waals surface area contributed by atoms with Crippen molar-refractivity contribution in [1.29, 1.82) is 0 Å². The van der Waals surface area contributed by atoms with Gasteiger partial charge in [-0.25, -0.2) is 0 Å². The highest BCUT2D eigenvalue weighted by Crippen LogP contribution is 2.08. The first-order chi connectivity index (χ1) is 15.9. The second-order valence-corrected chi connectivity index (χ2v) is 7.34. The van der Waals surface area contributed by atoms with Gasteiger partial charge in [-0.15, -0.1) is 0 Å². The zero-order valence-corrected chi connectivity index (χ0v) is 19.4. The van der Waals surface area contributed by atoms with Gasteiger partial charge in [-0.2, -0.15) is 0 Å². The molecule has 0 spiro atoms. The van der Waals surface area contributed by atoms with Gasteiger partial charge in [0.15, 0.2) is 0 Å². The number of imide groups is 1. The summed E-state index contributed by atoms with van der Waals surface area (Å²) in [6, 6.07) is -0.620. The van der Waals surface area contributed by atoms with Gasteiger partial charge in [0.05, 0.1) is 40.0 Å². The molecule has 0 aromatic carbocycles. The van der Waals surface area contributed by atoms with Crippen LogP contribution in [0.25, 0.3) is 0 Å². The van der Waals surface area contributed by atoms with Crippen LogP contribution in [0.2, 0.25) is 0 Å². The van der Waals surface area contributed by atoms with Crippen LogP contribution in [0.4, 0.5) is 0 Å². The molecule has 0 radical (unpaired) electrons. The summed E-state index contributed by atoms with van der Waals surface area (Å²) in [5.41, 5.74) is 0. The van der Waals surface area contributed by atoms with Crippen LogP contribution in [0.3, 0.4) is 0 Å². The van der Waals surface area contributed by atoms with E-state index in [2.05, 4.69) is 15.4 Å². The minimum Gasteiger partial charge on any atom is -0.469 e. The van der Waals surface area contributed by atoms with Crippen molar-refractivity contribution < 1.29 is 38.2 Å². The monoisotopic (exact) mass is 469 g/mol. The minimum absolute atomic E-state index is 0.190. The Morgan fingerprint density at radius 3 is 2.24 bits per heavy atom. The number of hydrogen-bond acceptors (Lipinski definition) is 8. The number of methoxy groups -OCH3 is 1. The Morgan fingerprint density at radius 1 is 0.939 bits per heavy atom. The molecule has 11 heteroatoms. The molecule has 33 heavy (non-hydrogen) atoms. The van der Waals surface area contributed by atoms with Crippen LogP contribution in [0.1, 0.15) is 45.4 Å². The van der Waals surface area contributed by atoms with Crippen LogP contribution >= 0.6 is 0 Å². The number of esters is 1. The second kappa shape index (κ2) is 16.8. The topological polar surface area (TPSA) is 140 Å². The molecule has 4 amide bonds. The van der Waals surface area contributed by atoms with Crippen molar-refractivity contribution in [1.82, 2.24) is 15.5 Å². The third-order valence-electron chi connectivity index (χ3n) is 4.84. The van der Waals surface area contributed by atoms with Gasteiger partial charge in [-0.3, -0.25) is 28.9 Å². The molecule has 1 aliphatic heterocycles. The normalized spacial score (nSPS) is 13.8. The minimum atomic E-state index is -0.620. The van der Waals surface area contributed by atoms with Crippen LogP contribution in [-0.4, -0.2) is 87.2 Å². The molecule has 11 nitrogen and oxygen atoms in total. The van der Waals surface area contributed by atoms with Crippen molar-refractivity contribution in [3.63, 3.8) is 0 Å². The van der Waals surface area contributed by atoms with E-state index in [0.717, 1.165) is 0 Å². The van der Waals surface area contributed by atoms with E-state index in [0.29, 0.717) is 58.6 Å². The fourth-order valence-electron chi connectivity index (χ4n) is 2.95. The smallest absolute Gasteiger partial charge is 0.307 e. The number of amides is 4. The summed E-state index contributed by atoms with van der Waals surface area (Å²) in [6.45, 7) is 3.69. The van der Waals surface area contributed by atoms with E-state index in [-0.39, 0.29) is 49.0 Å². The predicted octanol–water partition coefficient (Wildman–Crippen LogP) is 0.0791. The van der Waals surface area contributed by atoms with Crippen molar-refractivity contribution in [3.05, 3.63) is 12.2 Å². The van der Waals surface area contributed by atoms with Crippen molar-refractivity contribution in [2.24, 2.45) is 0 Å². The molecule has 1 aliphatic rings. The first-order valence-corrected chi connectivity index (χ1v) is 11.2. The molecule has 0 saturated heterocycles. The Bertz CT molecular complexity index is 677. The number of nitrogens with one attached hydrogen (secondary N) is 2. The second-order valence-electron chi connectivity index (χ2n) is 7.34. The van der Waals surface area contributed by atoms with Crippen LogP contribution in [0.5, 0.6) is 0 Å². The van der Waals surface area contributed by atoms with E-state index in [4.69, 9.17) is 9.47 Å². The third-order valence-corrected chi connectivity index (χ3v) is 4.84. The molecular weight excluding hydrogens is 434 g/mol. The number of unbranched alkanes of at least 4 members (excludes halogenated alkanes) is 2. The van der Waals surface area contributed by atoms with Crippen molar-refractivity contribution in [2.75, 3.05) is 46.6 Å². The number of carbonyl (C=O) groups is 5. The molecular formula is C22H35N3O8. The van der Waals surface area contributed by atoms with Gasteiger partial charge in [0.2, 0.25) is 11.8 Å². The van der Waals surface area contributed by atoms with Crippen LogP contribution < -0.4 is 10.6 Å². The summed E-state index contributed by atoms with van der Waals surface area (Å²) in [5.74, 6) is -1.43. The number of rotatable bonds is 18. The fourth-order valence-corrected chi connectivity index (χ4v) is 2.95. The number of nitrogens with zero attached hydrogens (tertiary/aromatic N) is 1. The molecule has 2 N–H and O–H groups in total. The molecule has 1 atom stereocenters. The van der Waals surface area contributed by atoms with Gasteiger partial charge in [-0.1, -0.05) is 13.3 Å². The molecule has 1 heterocycles. The van der Waals surface area contributed by atoms with Crippen molar-refractivity contribution >= 4 is 29.6 Å². The van der Waals surface area contributed by atoms with Crippen LogP contribution in [0, 0.1) is 0 Å². The van der Waals surface area contributed by atoms with Crippen LogP contribution in [0.15, 0.2) is 12.2 Å². The van der Waals surface area contributed by atoms with E-state index in [1.54, 1.807) is 0 Å². The third kappa shape index (κ3) is 12.1. The van der Waals surface area contributed by atoms with Gasteiger partial charge in [-0.05, 0) is 19.3 Å². The molecule has 1 unspecified atom stereocenters. The summed E-state index contributed by atoms with van der Waals surface area (Å²) >= 11 is 0. The molecule has 0 fully saturated rings. The predicted molar refractivity (Wildman–Crippen MR) is 118 cm³/mol. The molecule has 186 valence electrons. The van der Waals surface area contributed by atoms with Crippen molar-refractivity contribution in [3.8, 4) is 0 Å². The van der Waals surface area contributed by atoms with Gasteiger partial charge >= 0.3 is 5.97 Å². The Labute approximate surface area is 194 Å². The first-order valence-electron chi connectivity index (χ1n) is 11.2. The highest BCUT2D eigenvalue weighted by Gasteiger charge is 2.22. The van der Waals surface area contributed by atoms with E-state index < -0.39 is 6.04 Å². The molecule has 0 aliphatic carbocycles. The molecule has 0 aromatic heterocycles. The quantitative estimate of drug-likeness (QED) is 0.163. The van der Waals surface area contributed by atoms with Gasteiger partial charge < -0.3 is 24.8 Å². The lowest BCUT2D eigenvalue weighted by molar-refractivity contribution is -0.142. The Kier molecular flexibility index (Phi) is 14.4. The lowest BCUT2D eigenvalue weighted by Crippen LogP contribution is -2.47. The molecule has 0 bridgehead atoms. The van der Waals surface area contributed by atoms with Gasteiger partial charge in [0, 0.05) is 31.7 Å². The van der Waals surface area contributed by atoms with E-state index in [1.807, 2.05) is 6.92 Å².